The second kappa shape index (κ2) is 5.88. The average Bonchev–Trinajstić information content (AvgIpc) is 2.68. The second-order valence-electron chi connectivity index (χ2n) is 3.56. The van der Waals surface area contributed by atoms with E-state index >= 15 is 0 Å². The molecule has 1 aromatic heterocycles. The van der Waals surface area contributed by atoms with Crippen molar-refractivity contribution in [2.45, 2.75) is 13.0 Å². The van der Waals surface area contributed by atoms with Crippen LogP contribution in [0.1, 0.15) is 6.92 Å². The highest BCUT2D eigenvalue weighted by molar-refractivity contribution is 5.83. The summed E-state index contributed by atoms with van der Waals surface area (Å²) in [5.74, 6) is -0.773. The molecule has 0 bridgehead atoms. The fraction of sp³-hybridized carbons (Fsp3) is 0.500. The zero-order chi connectivity index (χ0) is 12.8. The molecule has 17 heavy (non-hydrogen) atoms. The van der Waals surface area contributed by atoms with Gasteiger partial charge in [-0.3, -0.25) is 9.48 Å². The van der Waals surface area contributed by atoms with Crippen molar-refractivity contribution in [3.8, 4) is 0 Å². The molecule has 0 aliphatic heterocycles. The SMILES string of the molecule is COC(=O)C(CNc1cnn(C)c1)NC(C)=O. The van der Waals surface area contributed by atoms with E-state index in [1.54, 1.807) is 24.1 Å². The third kappa shape index (κ3) is 4.13. The standard InChI is InChI=1S/C10H16N4O3/c1-7(15)13-9(10(16)17-3)5-11-8-4-12-14(2)6-8/h4,6,9,11H,5H2,1-3H3,(H,13,15). The molecule has 7 heteroatoms. The van der Waals surface area contributed by atoms with Crippen LogP contribution < -0.4 is 10.6 Å². The molecular weight excluding hydrogens is 224 g/mol. The number of ether oxygens (including phenoxy) is 1. The lowest BCUT2D eigenvalue weighted by molar-refractivity contribution is -0.144. The lowest BCUT2D eigenvalue weighted by Gasteiger charge is -2.15. The molecule has 0 saturated carbocycles. The first-order valence-electron chi connectivity index (χ1n) is 5.10. The lowest BCUT2D eigenvalue weighted by Crippen LogP contribution is -2.45. The summed E-state index contributed by atoms with van der Waals surface area (Å²) in [5.41, 5.74) is 0.770. The van der Waals surface area contributed by atoms with Crippen LogP contribution in [0.2, 0.25) is 0 Å². The van der Waals surface area contributed by atoms with Crippen LogP contribution in [0.5, 0.6) is 0 Å². The molecule has 0 aliphatic carbocycles. The zero-order valence-corrected chi connectivity index (χ0v) is 10.1. The number of carbonyl (C=O) groups is 2. The topological polar surface area (TPSA) is 85.2 Å². The van der Waals surface area contributed by atoms with Crippen molar-refractivity contribution in [1.29, 1.82) is 0 Å². The predicted octanol–water partition coefficient (Wildman–Crippen LogP) is -0.490. The van der Waals surface area contributed by atoms with Crippen molar-refractivity contribution >= 4 is 17.6 Å². The van der Waals surface area contributed by atoms with E-state index in [0.29, 0.717) is 0 Å². The Labute approximate surface area is 99.1 Å². The molecule has 1 amide bonds. The van der Waals surface area contributed by atoms with E-state index in [2.05, 4.69) is 20.5 Å². The van der Waals surface area contributed by atoms with Gasteiger partial charge in [-0.1, -0.05) is 0 Å². The average molecular weight is 240 g/mol. The van der Waals surface area contributed by atoms with Crippen LogP contribution in [0.3, 0.4) is 0 Å². The van der Waals surface area contributed by atoms with Gasteiger partial charge in [0, 0.05) is 26.7 Å². The Bertz CT molecular complexity index is 402. The lowest BCUT2D eigenvalue weighted by atomic mass is 10.3. The third-order valence-corrected chi connectivity index (χ3v) is 2.08. The number of anilines is 1. The molecule has 0 radical (unpaired) electrons. The van der Waals surface area contributed by atoms with Gasteiger partial charge >= 0.3 is 5.97 Å². The van der Waals surface area contributed by atoms with E-state index in [4.69, 9.17) is 0 Å². The third-order valence-electron chi connectivity index (χ3n) is 2.08. The molecule has 1 heterocycles. The normalized spacial score (nSPS) is 11.7. The van der Waals surface area contributed by atoms with Crippen molar-refractivity contribution in [3.63, 3.8) is 0 Å². The number of methoxy groups -OCH3 is 1. The molecule has 7 nitrogen and oxygen atoms in total. The van der Waals surface area contributed by atoms with Gasteiger partial charge in [-0.05, 0) is 0 Å². The number of aryl methyl sites for hydroxylation is 1. The fourth-order valence-corrected chi connectivity index (χ4v) is 1.31. The molecule has 1 atom stereocenters. The van der Waals surface area contributed by atoms with Gasteiger partial charge < -0.3 is 15.4 Å². The van der Waals surface area contributed by atoms with Crippen LogP contribution in [0.15, 0.2) is 12.4 Å². The number of nitrogens with zero attached hydrogens (tertiary/aromatic N) is 2. The molecule has 0 fully saturated rings. The maximum absolute atomic E-state index is 11.4. The number of nitrogens with one attached hydrogen (secondary N) is 2. The molecule has 0 aliphatic rings. The highest BCUT2D eigenvalue weighted by Crippen LogP contribution is 2.03. The zero-order valence-electron chi connectivity index (χ0n) is 10.1. The molecule has 1 aromatic rings. The van der Waals surface area contributed by atoms with E-state index in [1.165, 1.54) is 14.0 Å². The second-order valence-corrected chi connectivity index (χ2v) is 3.56. The highest BCUT2D eigenvalue weighted by Gasteiger charge is 2.19. The van der Waals surface area contributed by atoms with Crippen LogP contribution in [0, 0.1) is 0 Å². The first kappa shape index (κ1) is 13.0. The number of hydrogen-bond acceptors (Lipinski definition) is 5. The summed E-state index contributed by atoms with van der Waals surface area (Å²) in [7, 11) is 3.07. The van der Waals surface area contributed by atoms with Crippen LogP contribution in [-0.4, -0.2) is 41.4 Å². The summed E-state index contributed by atoms with van der Waals surface area (Å²) < 4.78 is 6.23. The maximum atomic E-state index is 11.4. The quantitative estimate of drug-likeness (QED) is 0.678. The molecule has 0 spiro atoms. The van der Waals surface area contributed by atoms with Crippen molar-refractivity contribution in [1.82, 2.24) is 15.1 Å². The van der Waals surface area contributed by atoms with Gasteiger partial charge in [0.25, 0.3) is 0 Å². The van der Waals surface area contributed by atoms with Crippen LogP contribution >= 0.6 is 0 Å². The Morgan fingerprint density at radius 3 is 2.76 bits per heavy atom. The molecular formula is C10H16N4O3. The molecule has 1 unspecified atom stereocenters. The van der Waals surface area contributed by atoms with E-state index in [1.807, 2.05) is 0 Å². The predicted molar refractivity (Wildman–Crippen MR) is 61.3 cm³/mol. The summed E-state index contributed by atoms with van der Waals surface area (Å²) in [6.07, 6.45) is 3.39. The van der Waals surface area contributed by atoms with Crippen LogP contribution in [0.4, 0.5) is 5.69 Å². The van der Waals surface area contributed by atoms with Gasteiger partial charge in [0.15, 0.2) is 0 Å². The summed E-state index contributed by atoms with van der Waals surface area (Å²) in [6, 6.07) is -0.710. The number of amides is 1. The van der Waals surface area contributed by atoms with E-state index < -0.39 is 12.0 Å². The van der Waals surface area contributed by atoms with Crippen molar-refractivity contribution in [2.75, 3.05) is 19.0 Å². The van der Waals surface area contributed by atoms with Gasteiger partial charge in [-0.2, -0.15) is 5.10 Å². The Morgan fingerprint density at radius 1 is 1.59 bits per heavy atom. The van der Waals surface area contributed by atoms with E-state index in [-0.39, 0.29) is 12.5 Å². The Kier molecular flexibility index (Phi) is 4.50. The Balaban J connectivity index is 2.54. The Morgan fingerprint density at radius 2 is 2.29 bits per heavy atom. The number of hydrogen-bond donors (Lipinski definition) is 2. The Hall–Kier alpha value is -2.05. The minimum atomic E-state index is -0.710. The number of aromatic nitrogens is 2. The summed E-state index contributed by atoms with van der Waals surface area (Å²) in [6.45, 7) is 1.60. The summed E-state index contributed by atoms with van der Waals surface area (Å²) in [5, 5.41) is 9.46. The maximum Gasteiger partial charge on any atom is 0.330 e. The van der Waals surface area contributed by atoms with Crippen molar-refractivity contribution in [2.24, 2.45) is 7.05 Å². The number of rotatable bonds is 5. The molecule has 0 aromatic carbocycles. The highest BCUT2D eigenvalue weighted by atomic mass is 16.5. The summed E-state index contributed by atoms with van der Waals surface area (Å²) in [4.78, 5) is 22.3. The smallest absolute Gasteiger partial charge is 0.330 e. The van der Waals surface area contributed by atoms with Gasteiger partial charge in [-0.15, -0.1) is 0 Å². The first-order chi connectivity index (χ1) is 8.02. The van der Waals surface area contributed by atoms with Crippen LogP contribution in [0.25, 0.3) is 0 Å². The number of carbonyl (C=O) groups excluding carboxylic acids is 2. The fourth-order valence-electron chi connectivity index (χ4n) is 1.31. The summed E-state index contributed by atoms with van der Waals surface area (Å²) >= 11 is 0. The van der Waals surface area contributed by atoms with Gasteiger partial charge in [0.05, 0.1) is 19.0 Å². The largest absolute Gasteiger partial charge is 0.467 e. The molecule has 2 N–H and O–H groups in total. The molecule has 0 saturated heterocycles. The first-order valence-corrected chi connectivity index (χ1v) is 5.10. The minimum Gasteiger partial charge on any atom is -0.467 e. The van der Waals surface area contributed by atoms with Crippen LogP contribution in [-0.2, 0) is 21.4 Å². The minimum absolute atomic E-state index is 0.248. The van der Waals surface area contributed by atoms with Crippen molar-refractivity contribution < 1.29 is 14.3 Å². The van der Waals surface area contributed by atoms with Gasteiger partial charge in [-0.25, -0.2) is 4.79 Å². The van der Waals surface area contributed by atoms with E-state index in [0.717, 1.165) is 5.69 Å². The van der Waals surface area contributed by atoms with Gasteiger partial charge in [0.2, 0.25) is 5.91 Å². The number of esters is 1. The van der Waals surface area contributed by atoms with Crippen molar-refractivity contribution in [3.05, 3.63) is 12.4 Å². The van der Waals surface area contributed by atoms with Gasteiger partial charge in [0.1, 0.15) is 6.04 Å². The molecule has 94 valence electrons. The van der Waals surface area contributed by atoms with E-state index in [9.17, 15) is 9.59 Å². The molecule has 1 rings (SSSR count). The monoisotopic (exact) mass is 240 g/mol.